The maximum atomic E-state index is 13.6. The first-order chi connectivity index (χ1) is 17.1. The fourth-order valence-electron chi connectivity index (χ4n) is 4.30. The molecule has 1 atom stereocenters. The lowest BCUT2D eigenvalue weighted by molar-refractivity contribution is -0.139. The number of amides is 2. The first-order valence-electron chi connectivity index (χ1n) is 12.0. The van der Waals surface area contributed by atoms with Crippen molar-refractivity contribution in [3.05, 3.63) is 58.6 Å². The van der Waals surface area contributed by atoms with Gasteiger partial charge in [0.05, 0.1) is 19.1 Å². The van der Waals surface area contributed by atoms with Gasteiger partial charge >= 0.3 is 0 Å². The van der Waals surface area contributed by atoms with Crippen molar-refractivity contribution in [2.45, 2.75) is 57.7 Å². The highest BCUT2D eigenvalue weighted by atomic mass is 79.9. The molecule has 1 fully saturated rings. The Morgan fingerprint density at radius 2 is 1.67 bits per heavy atom. The van der Waals surface area contributed by atoms with Gasteiger partial charge in [0.25, 0.3) is 0 Å². The van der Waals surface area contributed by atoms with Crippen molar-refractivity contribution < 1.29 is 22.7 Å². The molecule has 8 nitrogen and oxygen atoms in total. The maximum Gasteiger partial charge on any atom is 0.244 e. The number of halogens is 1. The lowest BCUT2D eigenvalue weighted by Gasteiger charge is -2.33. The summed E-state index contributed by atoms with van der Waals surface area (Å²) in [6.45, 7) is 1.43. The van der Waals surface area contributed by atoms with E-state index >= 15 is 0 Å². The molecule has 2 amide bonds. The second-order valence-electron chi connectivity index (χ2n) is 9.14. The van der Waals surface area contributed by atoms with Crippen LogP contribution in [0.2, 0.25) is 0 Å². The summed E-state index contributed by atoms with van der Waals surface area (Å²) < 4.78 is 32.4. The van der Waals surface area contributed by atoms with E-state index in [1.165, 1.54) is 18.4 Å². The topological polar surface area (TPSA) is 96.0 Å². The molecule has 0 aliphatic heterocycles. The van der Waals surface area contributed by atoms with Gasteiger partial charge in [-0.25, -0.2) is 8.42 Å². The molecule has 2 aromatic carbocycles. The van der Waals surface area contributed by atoms with Gasteiger partial charge in [-0.05, 0) is 61.7 Å². The molecule has 10 heteroatoms. The maximum absolute atomic E-state index is 13.6. The smallest absolute Gasteiger partial charge is 0.244 e. The number of carbonyl (C=O) groups excluding carboxylic acids is 2. The number of benzene rings is 2. The van der Waals surface area contributed by atoms with Crippen LogP contribution in [0.25, 0.3) is 0 Å². The average molecular weight is 581 g/mol. The summed E-state index contributed by atoms with van der Waals surface area (Å²) in [6, 6.07) is 13.2. The summed E-state index contributed by atoms with van der Waals surface area (Å²) in [7, 11) is -2.25. The molecule has 1 aliphatic rings. The van der Waals surface area contributed by atoms with Crippen LogP contribution in [0, 0.1) is 0 Å². The Balaban J connectivity index is 1.85. The lowest BCUT2D eigenvalue weighted by Crippen LogP contribution is -2.52. The normalized spacial score (nSPS) is 15.1. The molecular formula is C26H34BrN3O5S. The molecule has 196 valence electrons. The lowest BCUT2D eigenvalue weighted by atomic mass is 9.95. The molecule has 0 radical (unpaired) electrons. The predicted octanol–water partition coefficient (Wildman–Crippen LogP) is 4.09. The average Bonchev–Trinajstić information content (AvgIpc) is 2.86. The molecule has 0 saturated heterocycles. The van der Waals surface area contributed by atoms with Gasteiger partial charge in [0, 0.05) is 17.1 Å². The van der Waals surface area contributed by atoms with Crippen LogP contribution in [0.15, 0.2) is 53.0 Å². The quantitative estimate of drug-likeness (QED) is 0.457. The van der Waals surface area contributed by atoms with Gasteiger partial charge in [0.1, 0.15) is 18.3 Å². The van der Waals surface area contributed by atoms with E-state index in [2.05, 4.69) is 21.2 Å². The zero-order chi connectivity index (χ0) is 26.3. The molecule has 0 spiro atoms. The number of methoxy groups -OCH3 is 1. The minimum atomic E-state index is -3.77. The third kappa shape index (κ3) is 7.70. The van der Waals surface area contributed by atoms with Gasteiger partial charge in [-0.2, -0.15) is 0 Å². The van der Waals surface area contributed by atoms with Crippen LogP contribution < -0.4 is 14.4 Å². The van der Waals surface area contributed by atoms with Crippen LogP contribution in [0.4, 0.5) is 5.69 Å². The molecule has 0 aromatic heterocycles. The summed E-state index contributed by atoms with van der Waals surface area (Å²) in [5.74, 6) is -0.128. The minimum absolute atomic E-state index is 0.102. The number of sulfonamides is 1. The van der Waals surface area contributed by atoms with Gasteiger partial charge in [0.2, 0.25) is 21.8 Å². The fraction of sp³-hybridized carbons (Fsp3) is 0.462. The van der Waals surface area contributed by atoms with E-state index in [4.69, 9.17) is 4.74 Å². The highest BCUT2D eigenvalue weighted by Gasteiger charge is 2.31. The first-order valence-corrected chi connectivity index (χ1v) is 14.7. The number of nitrogens with zero attached hydrogens (tertiary/aromatic N) is 2. The van der Waals surface area contributed by atoms with Crippen molar-refractivity contribution in [2.75, 3.05) is 24.2 Å². The first kappa shape index (κ1) is 28.0. The van der Waals surface area contributed by atoms with E-state index in [1.807, 2.05) is 24.3 Å². The Bertz CT molecular complexity index is 1130. The Morgan fingerprint density at radius 1 is 1.06 bits per heavy atom. The molecule has 1 N–H and O–H groups in total. The number of rotatable bonds is 10. The van der Waals surface area contributed by atoms with E-state index < -0.39 is 28.5 Å². The molecule has 3 rings (SSSR count). The summed E-state index contributed by atoms with van der Waals surface area (Å²) in [5, 5.41) is 3.09. The third-order valence-corrected chi connectivity index (χ3v) is 8.09. The second-order valence-corrected chi connectivity index (χ2v) is 12.0. The van der Waals surface area contributed by atoms with E-state index in [0.29, 0.717) is 11.4 Å². The molecular weight excluding hydrogens is 546 g/mol. The van der Waals surface area contributed by atoms with Gasteiger partial charge in [-0.15, -0.1) is 0 Å². The predicted molar refractivity (Wildman–Crippen MR) is 144 cm³/mol. The van der Waals surface area contributed by atoms with Crippen LogP contribution in [0.3, 0.4) is 0 Å². The van der Waals surface area contributed by atoms with E-state index in [-0.39, 0.29) is 18.5 Å². The molecule has 2 aromatic rings. The van der Waals surface area contributed by atoms with Crippen molar-refractivity contribution in [1.29, 1.82) is 0 Å². The monoisotopic (exact) mass is 579 g/mol. The second kappa shape index (κ2) is 12.6. The summed E-state index contributed by atoms with van der Waals surface area (Å²) in [6.07, 6.45) is 6.24. The largest absolute Gasteiger partial charge is 0.497 e. The van der Waals surface area contributed by atoms with Crippen LogP contribution in [-0.2, 0) is 26.2 Å². The standard InChI is InChI=1S/C26H34BrN3O5S/c1-19(26(32)28-22-7-5-4-6-8-22)29(17-20-9-11-21(27)12-10-20)25(31)18-30(36(3,33)34)23-13-15-24(35-2)16-14-23/h9-16,19,22H,4-8,17-18H2,1-3H3,(H,28,32)/t19-/m1/s1. The summed E-state index contributed by atoms with van der Waals surface area (Å²) in [4.78, 5) is 28.2. The number of ether oxygens (including phenoxy) is 1. The molecule has 0 bridgehead atoms. The zero-order valence-corrected chi connectivity index (χ0v) is 23.3. The summed E-state index contributed by atoms with van der Waals surface area (Å²) >= 11 is 3.41. The highest BCUT2D eigenvalue weighted by Crippen LogP contribution is 2.23. The van der Waals surface area contributed by atoms with Gasteiger partial charge in [-0.1, -0.05) is 47.3 Å². The fourth-order valence-corrected chi connectivity index (χ4v) is 5.41. The zero-order valence-electron chi connectivity index (χ0n) is 20.9. The minimum Gasteiger partial charge on any atom is -0.497 e. The molecule has 36 heavy (non-hydrogen) atoms. The molecule has 0 unspecified atom stereocenters. The number of carbonyl (C=O) groups is 2. The number of nitrogens with one attached hydrogen (secondary N) is 1. The van der Waals surface area contributed by atoms with Gasteiger partial charge < -0.3 is 15.0 Å². The van der Waals surface area contributed by atoms with Crippen LogP contribution in [0.5, 0.6) is 5.75 Å². The van der Waals surface area contributed by atoms with E-state index in [0.717, 1.165) is 46.3 Å². The van der Waals surface area contributed by atoms with Crippen molar-refractivity contribution in [3.63, 3.8) is 0 Å². The van der Waals surface area contributed by atoms with Gasteiger partial charge in [0.15, 0.2) is 0 Å². The van der Waals surface area contributed by atoms with Crippen LogP contribution in [-0.4, -0.2) is 57.1 Å². The number of hydrogen-bond acceptors (Lipinski definition) is 5. The Morgan fingerprint density at radius 3 is 2.22 bits per heavy atom. The Kier molecular flexibility index (Phi) is 9.78. The van der Waals surface area contributed by atoms with E-state index in [9.17, 15) is 18.0 Å². The van der Waals surface area contributed by atoms with Crippen molar-refractivity contribution in [1.82, 2.24) is 10.2 Å². The van der Waals surface area contributed by atoms with E-state index in [1.54, 1.807) is 31.2 Å². The Labute approximate surface area is 222 Å². The third-order valence-electron chi connectivity index (χ3n) is 6.42. The Hall–Kier alpha value is -2.59. The number of hydrogen-bond donors (Lipinski definition) is 1. The van der Waals surface area contributed by atoms with Gasteiger partial charge in [-0.3, -0.25) is 13.9 Å². The van der Waals surface area contributed by atoms with Crippen molar-refractivity contribution >= 4 is 43.5 Å². The molecule has 1 saturated carbocycles. The van der Waals surface area contributed by atoms with Crippen molar-refractivity contribution in [3.8, 4) is 5.75 Å². The van der Waals surface area contributed by atoms with Crippen molar-refractivity contribution in [2.24, 2.45) is 0 Å². The molecule has 0 heterocycles. The van der Waals surface area contributed by atoms with Crippen LogP contribution >= 0.6 is 15.9 Å². The highest BCUT2D eigenvalue weighted by molar-refractivity contribution is 9.10. The summed E-state index contributed by atoms with van der Waals surface area (Å²) in [5.41, 5.74) is 1.17. The van der Waals surface area contributed by atoms with Crippen LogP contribution in [0.1, 0.15) is 44.6 Å². The molecule has 1 aliphatic carbocycles. The SMILES string of the molecule is COc1ccc(N(CC(=O)N(Cc2ccc(Br)cc2)[C@H](C)C(=O)NC2CCCCC2)S(C)(=O)=O)cc1. The number of anilines is 1.